The molecule has 0 aliphatic rings. The lowest BCUT2D eigenvalue weighted by atomic mass is 10.0. The zero-order chi connectivity index (χ0) is 75.6. The number of rotatable bonds is 83. The summed E-state index contributed by atoms with van der Waals surface area (Å²) in [7, 11) is -9.93. The van der Waals surface area contributed by atoms with Crippen LogP contribution < -0.4 is 0 Å². The van der Waals surface area contributed by atoms with E-state index in [0.717, 1.165) is 102 Å². The van der Waals surface area contributed by atoms with Crippen molar-refractivity contribution in [2.75, 3.05) is 39.6 Å². The zero-order valence-electron chi connectivity index (χ0n) is 67.6. The maximum absolute atomic E-state index is 13.1. The monoisotopic (exact) mass is 1510 g/mol. The van der Waals surface area contributed by atoms with Crippen LogP contribution in [0.1, 0.15) is 446 Å². The molecule has 0 saturated carbocycles. The van der Waals surface area contributed by atoms with Gasteiger partial charge in [0.1, 0.15) is 19.3 Å². The summed E-state index contributed by atoms with van der Waals surface area (Å²) in [5, 5.41) is 10.7. The molecule has 0 amide bonds. The standard InChI is InChI=1S/C84H164O17P2/c1-7-9-11-13-15-17-19-21-22-23-24-27-30-37-43-49-55-61-67-82(87)95-73-80(100-83(88)68-62-56-50-44-38-31-28-25-26-29-34-40-46-52-58-64-76(3)4)75-99-103(92,93)97-71-78(85)70-96-102(90,91)98-74-79(72-94-81(86)66-60-54-48-42-36-20-18-16-14-12-10-8-2)101-84(89)69-63-57-51-45-39-33-32-35-41-47-53-59-65-77(5)6/h76-80,85H,7-75H2,1-6H3,(H,90,91)(H,92,93)/t78-,79+,80+/m0/s1. The van der Waals surface area contributed by atoms with Crippen molar-refractivity contribution in [1.29, 1.82) is 0 Å². The molecule has 3 N–H and O–H groups in total. The fraction of sp³-hybridized carbons (Fsp3) is 0.952. The molecule has 612 valence electrons. The van der Waals surface area contributed by atoms with Crippen molar-refractivity contribution >= 4 is 39.5 Å². The molecule has 2 unspecified atom stereocenters. The number of carbonyl (C=O) groups is 4. The van der Waals surface area contributed by atoms with Crippen LogP contribution in [0.25, 0.3) is 0 Å². The molecule has 0 spiro atoms. The second-order valence-electron chi connectivity index (χ2n) is 31.2. The highest BCUT2D eigenvalue weighted by Crippen LogP contribution is 2.45. The van der Waals surface area contributed by atoms with E-state index in [4.69, 9.17) is 37.0 Å². The van der Waals surface area contributed by atoms with Crippen LogP contribution >= 0.6 is 15.6 Å². The predicted molar refractivity (Wildman–Crippen MR) is 423 cm³/mol. The number of aliphatic hydroxyl groups is 1. The van der Waals surface area contributed by atoms with Gasteiger partial charge in [-0.25, -0.2) is 9.13 Å². The van der Waals surface area contributed by atoms with Gasteiger partial charge in [0.05, 0.1) is 26.4 Å². The normalized spacial score (nSPS) is 13.9. The number of phosphoric acid groups is 2. The van der Waals surface area contributed by atoms with E-state index >= 15 is 0 Å². The molecular weight excluding hydrogens is 1340 g/mol. The summed E-state index contributed by atoms with van der Waals surface area (Å²) >= 11 is 0. The van der Waals surface area contributed by atoms with Crippen LogP contribution in [0.2, 0.25) is 0 Å². The lowest BCUT2D eigenvalue weighted by Gasteiger charge is -2.21. The fourth-order valence-electron chi connectivity index (χ4n) is 13.1. The number of ether oxygens (including phenoxy) is 4. The van der Waals surface area contributed by atoms with E-state index in [1.165, 1.54) is 263 Å². The Morgan fingerprint density at radius 1 is 0.262 bits per heavy atom. The second kappa shape index (κ2) is 75.5. The summed E-state index contributed by atoms with van der Waals surface area (Å²) in [6.07, 6.45) is 66.5. The van der Waals surface area contributed by atoms with Gasteiger partial charge >= 0.3 is 39.5 Å². The summed E-state index contributed by atoms with van der Waals surface area (Å²) in [4.78, 5) is 73.2. The molecule has 0 aromatic carbocycles. The van der Waals surface area contributed by atoms with Gasteiger partial charge in [-0.3, -0.25) is 37.3 Å². The number of carbonyl (C=O) groups excluding carboxylic acids is 4. The van der Waals surface area contributed by atoms with E-state index in [9.17, 15) is 43.2 Å². The number of hydrogen-bond donors (Lipinski definition) is 3. The first-order valence-electron chi connectivity index (χ1n) is 43.5. The lowest BCUT2D eigenvalue weighted by Crippen LogP contribution is -2.30. The van der Waals surface area contributed by atoms with Gasteiger partial charge in [-0.2, -0.15) is 0 Å². The molecule has 0 heterocycles. The summed E-state index contributed by atoms with van der Waals surface area (Å²) in [6.45, 7) is 9.70. The van der Waals surface area contributed by atoms with Crippen LogP contribution in [0, 0.1) is 11.8 Å². The first kappa shape index (κ1) is 101. The van der Waals surface area contributed by atoms with Crippen molar-refractivity contribution in [3.8, 4) is 0 Å². The molecule has 0 bridgehead atoms. The third-order valence-corrected chi connectivity index (χ3v) is 21.6. The molecule has 17 nitrogen and oxygen atoms in total. The summed E-state index contributed by atoms with van der Waals surface area (Å²) in [5.41, 5.74) is 0. The van der Waals surface area contributed by atoms with Crippen LogP contribution in [0.4, 0.5) is 0 Å². The maximum atomic E-state index is 13.1. The second-order valence-corrected chi connectivity index (χ2v) is 34.1. The third kappa shape index (κ3) is 78.0. The molecule has 19 heteroatoms. The first-order chi connectivity index (χ1) is 49.9. The predicted octanol–water partition coefficient (Wildman–Crippen LogP) is 25.5. The molecule has 103 heavy (non-hydrogen) atoms. The van der Waals surface area contributed by atoms with Gasteiger partial charge in [0.2, 0.25) is 0 Å². The van der Waals surface area contributed by atoms with Crippen LogP contribution in [-0.2, 0) is 65.4 Å². The van der Waals surface area contributed by atoms with E-state index in [2.05, 4.69) is 41.5 Å². The summed E-state index contributed by atoms with van der Waals surface area (Å²) in [6, 6.07) is 0. The first-order valence-corrected chi connectivity index (χ1v) is 46.5. The summed E-state index contributed by atoms with van der Waals surface area (Å²) in [5.74, 6) is -0.523. The molecule has 5 atom stereocenters. The molecule has 0 fully saturated rings. The number of esters is 4. The van der Waals surface area contributed by atoms with Gasteiger partial charge in [0.25, 0.3) is 0 Å². The van der Waals surface area contributed by atoms with E-state index in [0.29, 0.717) is 25.7 Å². The van der Waals surface area contributed by atoms with Crippen LogP contribution in [0.3, 0.4) is 0 Å². The van der Waals surface area contributed by atoms with Gasteiger partial charge in [0, 0.05) is 25.7 Å². The summed E-state index contributed by atoms with van der Waals surface area (Å²) < 4.78 is 68.9. The largest absolute Gasteiger partial charge is 0.472 e. The Hall–Kier alpha value is -1.94. The van der Waals surface area contributed by atoms with Gasteiger partial charge < -0.3 is 33.8 Å². The molecule has 0 aromatic rings. The van der Waals surface area contributed by atoms with Gasteiger partial charge in [-0.05, 0) is 37.5 Å². The van der Waals surface area contributed by atoms with Crippen molar-refractivity contribution in [1.82, 2.24) is 0 Å². The third-order valence-electron chi connectivity index (χ3n) is 19.7. The van der Waals surface area contributed by atoms with Crippen molar-refractivity contribution < 1.29 is 80.2 Å². The van der Waals surface area contributed by atoms with Crippen LogP contribution in [0.15, 0.2) is 0 Å². The van der Waals surface area contributed by atoms with E-state index in [-0.39, 0.29) is 25.7 Å². The highest BCUT2D eigenvalue weighted by Gasteiger charge is 2.30. The molecule has 0 aromatic heterocycles. The highest BCUT2D eigenvalue weighted by atomic mass is 31.2. The number of aliphatic hydroxyl groups excluding tert-OH is 1. The topological polar surface area (TPSA) is 237 Å². The van der Waals surface area contributed by atoms with Gasteiger partial charge in [-0.1, -0.05) is 395 Å². The van der Waals surface area contributed by atoms with Crippen molar-refractivity contribution in [2.45, 2.75) is 464 Å². The molecular formula is C84H164O17P2. The average Bonchev–Trinajstić information content (AvgIpc) is 0.917. The van der Waals surface area contributed by atoms with Crippen molar-refractivity contribution in [3.05, 3.63) is 0 Å². The highest BCUT2D eigenvalue weighted by molar-refractivity contribution is 7.47. The molecule has 0 aliphatic heterocycles. The minimum Gasteiger partial charge on any atom is -0.462 e. The molecule has 0 saturated heterocycles. The lowest BCUT2D eigenvalue weighted by molar-refractivity contribution is -0.161. The number of unbranched alkanes of at least 4 members (excludes halogenated alkanes) is 53. The minimum absolute atomic E-state index is 0.107. The van der Waals surface area contributed by atoms with E-state index in [1.54, 1.807) is 0 Å². The molecule has 0 radical (unpaired) electrons. The SMILES string of the molecule is CCCCCCCCCCCCCCCCCCCCC(=O)OC[C@H](COP(=O)(O)OC[C@@H](O)COP(=O)(O)OC[C@@H](COC(=O)CCCCCCCCCCCCCC)OC(=O)CCCCCCCCCCCCCCC(C)C)OC(=O)CCCCCCCCCCCCCCCCCC(C)C. The Balaban J connectivity index is 5.26. The van der Waals surface area contributed by atoms with Gasteiger partial charge in [-0.15, -0.1) is 0 Å². The average molecular weight is 1510 g/mol. The van der Waals surface area contributed by atoms with Crippen LogP contribution in [0.5, 0.6) is 0 Å². The molecule has 0 rings (SSSR count). The van der Waals surface area contributed by atoms with E-state index < -0.39 is 97.5 Å². The smallest absolute Gasteiger partial charge is 0.462 e. The number of hydrogen-bond acceptors (Lipinski definition) is 15. The zero-order valence-corrected chi connectivity index (χ0v) is 69.4. The minimum atomic E-state index is -4.96. The van der Waals surface area contributed by atoms with Crippen molar-refractivity contribution in [3.63, 3.8) is 0 Å². The molecule has 0 aliphatic carbocycles. The Morgan fingerprint density at radius 2 is 0.447 bits per heavy atom. The number of phosphoric ester groups is 2. The quantitative estimate of drug-likeness (QED) is 0.0222. The Labute approximate surface area is 632 Å². The Kier molecular flexibility index (Phi) is 74.1. The van der Waals surface area contributed by atoms with Crippen LogP contribution in [-0.4, -0.2) is 96.7 Å². The Morgan fingerprint density at radius 3 is 0.660 bits per heavy atom. The Bertz CT molecular complexity index is 1980. The van der Waals surface area contributed by atoms with Crippen molar-refractivity contribution in [2.24, 2.45) is 11.8 Å². The maximum Gasteiger partial charge on any atom is 0.472 e. The van der Waals surface area contributed by atoms with E-state index in [1.807, 2.05) is 0 Å². The fourth-order valence-corrected chi connectivity index (χ4v) is 14.6. The van der Waals surface area contributed by atoms with Gasteiger partial charge in [0.15, 0.2) is 12.2 Å².